The summed E-state index contributed by atoms with van der Waals surface area (Å²) >= 11 is 0. The minimum absolute atomic E-state index is 0.0613. The van der Waals surface area contributed by atoms with Crippen LogP contribution < -0.4 is 0 Å². The molecule has 0 radical (unpaired) electrons. The summed E-state index contributed by atoms with van der Waals surface area (Å²) in [6.45, 7) is 4.66. The normalized spacial score (nSPS) is 21.2. The van der Waals surface area contributed by atoms with Crippen LogP contribution in [0.2, 0.25) is 0 Å². The first-order chi connectivity index (χ1) is 7.58. The number of piperidine rings is 1. The van der Waals surface area contributed by atoms with Crippen molar-refractivity contribution in [2.45, 2.75) is 20.3 Å². The molecule has 1 aromatic rings. The molecule has 1 saturated heterocycles. The van der Waals surface area contributed by atoms with Crippen LogP contribution in [-0.4, -0.2) is 29.7 Å². The van der Waals surface area contributed by atoms with Gasteiger partial charge in [-0.2, -0.15) is 0 Å². The summed E-state index contributed by atoms with van der Waals surface area (Å²) in [5.74, 6) is 1.14. The molecule has 1 unspecified atom stereocenters. The van der Waals surface area contributed by atoms with E-state index in [1.807, 2.05) is 6.92 Å². The van der Waals surface area contributed by atoms with Gasteiger partial charge in [-0.1, -0.05) is 6.92 Å². The van der Waals surface area contributed by atoms with Crippen LogP contribution in [0.25, 0.3) is 0 Å². The van der Waals surface area contributed by atoms with Gasteiger partial charge in [0.25, 0.3) is 5.91 Å². The van der Waals surface area contributed by atoms with Crippen molar-refractivity contribution >= 4 is 11.7 Å². The Kier molecular flexibility index (Phi) is 2.81. The Hall–Kier alpha value is -1.58. The standard InChI is InChI=1S/C12H15NO3/c1-8-7-13(6-5-10(8)14)12(15)11-4-3-9(2)16-11/h3-4,8H,5-7H2,1-2H3. The number of carbonyl (C=O) groups is 2. The number of furan rings is 1. The van der Waals surface area contributed by atoms with Gasteiger partial charge in [0, 0.05) is 25.4 Å². The van der Waals surface area contributed by atoms with Crippen LogP contribution in [0.1, 0.15) is 29.7 Å². The van der Waals surface area contributed by atoms with Gasteiger partial charge in [0.15, 0.2) is 5.76 Å². The lowest BCUT2D eigenvalue weighted by Crippen LogP contribution is -2.43. The Bertz CT molecular complexity index is 422. The first kappa shape index (κ1) is 10.9. The lowest BCUT2D eigenvalue weighted by atomic mass is 9.98. The third kappa shape index (κ3) is 2.01. The highest BCUT2D eigenvalue weighted by Gasteiger charge is 2.28. The van der Waals surface area contributed by atoms with Crippen LogP contribution in [0, 0.1) is 12.8 Å². The van der Waals surface area contributed by atoms with E-state index >= 15 is 0 Å². The van der Waals surface area contributed by atoms with E-state index in [0.717, 1.165) is 5.76 Å². The van der Waals surface area contributed by atoms with Gasteiger partial charge in [-0.15, -0.1) is 0 Å². The molecule has 1 amide bonds. The predicted molar refractivity (Wildman–Crippen MR) is 58.1 cm³/mol. The number of ketones is 1. The predicted octanol–water partition coefficient (Wildman–Crippen LogP) is 1.64. The summed E-state index contributed by atoms with van der Waals surface area (Å²) in [6, 6.07) is 3.45. The number of amides is 1. The Morgan fingerprint density at radius 3 is 2.81 bits per heavy atom. The summed E-state index contributed by atoms with van der Waals surface area (Å²) in [7, 11) is 0. The molecular weight excluding hydrogens is 206 g/mol. The molecule has 1 atom stereocenters. The monoisotopic (exact) mass is 221 g/mol. The van der Waals surface area contributed by atoms with Crippen molar-refractivity contribution in [3.8, 4) is 0 Å². The summed E-state index contributed by atoms with van der Waals surface area (Å²) in [5, 5.41) is 0. The van der Waals surface area contributed by atoms with E-state index in [9.17, 15) is 9.59 Å². The molecule has 4 nitrogen and oxygen atoms in total. The van der Waals surface area contributed by atoms with Gasteiger partial charge in [-0.3, -0.25) is 9.59 Å². The number of rotatable bonds is 1. The quantitative estimate of drug-likeness (QED) is 0.724. The Labute approximate surface area is 94.2 Å². The second-order valence-corrected chi connectivity index (χ2v) is 4.28. The van der Waals surface area contributed by atoms with Gasteiger partial charge in [0.05, 0.1) is 0 Å². The SMILES string of the molecule is Cc1ccc(C(=O)N2CCC(=O)C(C)C2)o1. The van der Waals surface area contributed by atoms with E-state index < -0.39 is 0 Å². The minimum Gasteiger partial charge on any atom is -0.456 e. The number of nitrogens with zero attached hydrogens (tertiary/aromatic N) is 1. The first-order valence-electron chi connectivity index (χ1n) is 5.46. The molecule has 0 spiro atoms. The summed E-state index contributed by atoms with van der Waals surface area (Å²) in [6.07, 6.45) is 0.451. The van der Waals surface area contributed by atoms with Crippen molar-refractivity contribution in [1.82, 2.24) is 4.90 Å². The van der Waals surface area contributed by atoms with E-state index in [1.54, 1.807) is 24.0 Å². The van der Waals surface area contributed by atoms with Crippen molar-refractivity contribution in [2.75, 3.05) is 13.1 Å². The van der Waals surface area contributed by atoms with Crippen molar-refractivity contribution in [3.63, 3.8) is 0 Å². The molecule has 1 fully saturated rings. The number of hydrogen-bond acceptors (Lipinski definition) is 3. The molecule has 2 heterocycles. The molecule has 86 valence electrons. The second kappa shape index (κ2) is 4.12. The van der Waals surface area contributed by atoms with E-state index in [0.29, 0.717) is 25.3 Å². The molecule has 0 aliphatic carbocycles. The number of hydrogen-bond donors (Lipinski definition) is 0. The second-order valence-electron chi connectivity index (χ2n) is 4.28. The minimum atomic E-state index is -0.118. The Morgan fingerprint density at radius 1 is 1.50 bits per heavy atom. The lowest BCUT2D eigenvalue weighted by molar-refractivity contribution is -0.124. The Balaban J connectivity index is 2.08. The molecule has 0 aromatic carbocycles. The molecular formula is C12H15NO3. The molecule has 1 aromatic heterocycles. The zero-order valence-electron chi connectivity index (χ0n) is 9.53. The topological polar surface area (TPSA) is 50.5 Å². The maximum atomic E-state index is 12.0. The van der Waals surface area contributed by atoms with E-state index in [2.05, 4.69) is 0 Å². The van der Waals surface area contributed by atoms with Gasteiger partial charge in [-0.25, -0.2) is 0 Å². The number of aryl methyl sites for hydroxylation is 1. The Morgan fingerprint density at radius 2 is 2.25 bits per heavy atom. The van der Waals surface area contributed by atoms with E-state index in [1.165, 1.54) is 0 Å². The highest BCUT2D eigenvalue weighted by Crippen LogP contribution is 2.16. The van der Waals surface area contributed by atoms with Crippen LogP contribution in [0.4, 0.5) is 0 Å². The zero-order chi connectivity index (χ0) is 11.7. The van der Waals surface area contributed by atoms with Crippen LogP contribution in [0.5, 0.6) is 0 Å². The fourth-order valence-electron chi connectivity index (χ4n) is 1.90. The molecule has 16 heavy (non-hydrogen) atoms. The largest absolute Gasteiger partial charge is 0.456 e. The van der Waals surface area contributed by atoms with Crippen LogP contribution in [0.3, 0.4) is 0 Å². The number of carbonyl (C=O) groups excluding carboxylic acids is 2. The van der Waals surface area contributed by atoms with Gasteiger partial charge in [-0.05, 0) is 19.1 Å². The average Bonchev–Trinajstić information content (AvgIpc) is 2.68. The zero-order valence-corrected chi connectivity index (χ0v) is 9.53. The van der Waals surface area contributed by atoms with E-state index in [-0.39, 0.29) is 17.6 Å². The third-order valence-electron chi connectivity index (χ3n) is 2.91. The number of likely N-dealkylation sites (tertiary alicyclic amines) is 1. The summed E-state index contributed by atoms with van der Waals surface area (Å²) in [5.41, 5.74) is 0. The molecule has 2 rings (SSSR count). The van der Waals surface area contributed by atoms with Gasteiger partial charge in [0.1, 0.15) is 11.5 Å². The van der Waals surface area contributed by atoms with Gasteiger partial charge < -0.3 is 9.32 Å². The molecule has 0 saturated carbocycles. The molecule has 0 bridgehead atoms. The summed E-state index contributed by atoms with van der Waals surface area (Å²) < 4.78 is 5.28. The molecule has 1 aliphatic rings. The molecule has 0 N–H and O–H groups in total. The van der Waals surface area contributed by atoms with Gasteiger partial charge in [0.2, 0.25) is 0 Å². The molecule has 4 heteroatoms. The van der Waals surface area contributed by atoms with Crippen molar-refractivity contribution < 1.29 is 14.0 Å². The maximum Gasteiger partial charge on any atom is 0.289 e. The highest BCUT2D eigenvalue weighted by molar-refractivity contribution is 5.93. The van der Waals surface area contributed by atoms with Crippen LogP contribution in [-0.2, 0) is 4.79 Å². The smallest absolute Gasteiger partial charge is 0.289 e. The van der Waals surface area contributed by atoms with Crippen molar-refractivity contribution in [2.24, 2.45) is 5.92 Å². The summed E-state index contributed by atoms with van der Waals surface area (Å²) in [4.78, 5) is 25.0. The maximum absolute atomic E-state index is 12.0. The van der Waals surface area contributed by atoms with E-state index in [4.69, 9.17) is 4.42 Å². The van der Waals surface area contributed by atoms with Crippen molar-refractivity contribution in [1.29, 1.82) is 0 Å². The number of Topliss-reactive ketones (excluding diaryl/α,β-unsaturated/α-hetero) is 1. The first-order valence-corrected chi connectivity index (χ1v) is 5.46. The molecule has 1 aliphatic heterocycles. The average molecular weight is 221 g/mol. The van der Waals surface area contributed by atoms with Crippen LogP contribution >= 0.6 is 0 Å². The third-order valence-corrected chi connectivity index (χ3v) is 2.91. The van der Waals surface area contributed by atoms with Gasteiger partial charge >= 0.3 is 0 Å². The lowest BCUT2D eigenvalue weighted by Gasteiger charge is -2.29. The van der Waals surface area contributed by atoms with Crippen LogP contribution in [0.15, 0.2) is 16.5 Å². The fraction of sp³-hybridized carbons (Fsp3) is 0.500. The van der Waals surface area contributed by atoms with Crippen molar-refractivity contribution in [3.05, 3.63) is 23.7 Å². The fourth-order valence-corrected chi connectivity index (χ4v) is 1.90. The highest BCUT2D eigenvalue weighted by atomic mass is 16.3.